The molecule has 0 aliphatic carbocycles. The van der Waals surface area contributed by atoms with Gasteiger partial charge in [-0.2, -0.15) is 26.3 Å². The van der Waals surface area contributed by atoms with Gasteiger partial charge in [0.15, 0.2) is 0 Å². The second kappa shape index (κ2) is 5.69. The summed E-state index contributed by atoms with van der Waals surface area (Å²) >= 11 is 0. The van der Waals surface area contributed by atoms with Gasteiger partial charge in [0.2, 0.25) is 0 Å². The standard InChI is InChI=1S/C14H8F6N2O2/c15-13(16,17)9-5-8(7-3-1-2-4-11(7)21)12(22(23)24)6-10(9)14(18,19)20/h1-6H,21H2. The number of hydrogen-bond acceptors (Lipinski definition) is 3. The van der Waals surface area contributed by atoms with Crippen LogP contribution < -0.4 is 5.73 Å². The molecule has 0 aromatic heterocycles. The van der Waals surface area contributed by atoms with E-state index in [1.807, 2.05) is 0 Å². The Balaban J connectivity index is 2.91. The Morgan fingerprint density at radius 1 is 0.875 bits per heavy atom. The first-order valence-corrected chi connectivity index (χ1v) is 6.24. The minimum absolute atomic E-state index is 0.103. The number of alkyl halides is 6. The molecule has 2 aromatic carbocycles. The van der Waals surface area contributed by atoms with Crippen LogP contribution in [-0.2, 0) is 12.4 Å². The van der Waals surface area contributed by atoms with E-state index in [9.17, 15) is 36.5 Å². The molecule has 0 amide bonds. The zero-order valence-corrected chi connectivity index (χ0v) is 11.6. The van der Waals surface area contributed by atoms with Crippen LogP contribution in [0.15, 0.2) is 36.4 Å². The lowest BCUT2D eigenvalue weighted by Crippen LogP contribution is -2.17. The van der Waals surface area contributed by atoms with Gasteiger partial charge in [0.25, 0.3) is 5.69 Å². The summed E-state index contributed by atoms with van der Waals surface area (Å²) in [7, 11) is 0. The van der Waals surface area contributed by atoms with Crippen LogP contribution in [0.4, 0.5) is 37.7 Å². The molecule has 2 N–H and O–H groups in total. The molecule has 0 heterocycles. The zero-order valence-electron chi connectivity index (χ0n) is 11.6. The molecular weight excluding hydrogens is 342 g/mol. The fraction of sp³-hybridized carbons (Fsp3) is 0.143. The highest BCUT2D eigenvalue weighted by Crippen LogP contribution is 2.46. The number of nitro benzene ring substituents is 1. The van der Waals surface area contributed by atoms with Crippen molar-refractivity contribution in [2.45, 2.75) is 12.4 Å². The molecule has 0 saturated heterocycles. The summed E-state index contributed by atoms with van der Waals surface area (Å²) in [5.41, 5.74) is -0.586. The van der Waals surface area contributed by atoms with E-state index < -0.39 is 39.7 Å². The average Bonchev–Trinajstić information content (AvgIpc) is 2.44. The summed E-state index contributed by atoms with van der Waals surface area (Å²) in [5.74, 6) is 0. The first-order chi connectivity index (χ1) is 10.9. The van der Waals surface area contributed by atoms with Crippen molar-refractivity contribution in [2.24, 2.45) is 0 Å². The molecule has 0 aliphatic heterocycles. The quantitative estimate of drug-likeness (QED) is 0.363. The second-order valence-electron chi connectivity index (χ2n) is 4.75. The van der Waals surface area contributed by atoms with Gasteiger partial charge in [-0.3, -0.25) is 10.1 Å². The van der Waals surface area contributed by atoms with Gasteiger partial charge in [-0.05, 0) is 12.1 Å². The largest absolute Gasteiger partial charge is 0.417 e. The fourth-order valence-electron chi connectivity index (χ4n) is 2.17. The predicted molar refractivity (Wildman–Crippen MR) is 72.9 cm³/mol. The Kier molecular flexibility index (Phi) is 4.17. The highest BCUT2D eigenvalue weighted by molar-refractivity contribution is 5.83. The van der Waals surface area contributed by atoms with Crippen molar-refractivity contribution in [1.29, 1.82) is 0 Å². The molecule has 0 saturated carbocycles. The molecule has 128 valence electrons. The number of para-hydroxylation sites is 1. The zero-order chi connectivity index (χ0) is 18.3. The number of nitrogens with two attached hydrogens (primary N) is 1. The monoisotopic (exact) mass is 350 g/mol. The number of anilines is 1. The Labute approximate surface area is 130 Å². The van der Waals surface area contributed by atoms with Crippen LogP contribution in [0.25, 0.3) is 11.1 Å². The number of halogens is 6. The van der Waals surface area contributed by atoms with Crippen LogP contribution >= 0.6 is 0 Å². The van der Waals surface area contributed by atoms with E-state index in [1.165, 1.54) is 24.3 Å². The van der Waals surface area contributed by atoms with Gasteiger partial charge >= 0.3 is 12.4 Å². The van der Waals surface area contributed by atoms with E-state index >= 15 is 0 Å². The summed E-state index contributed by atoms with van der Waals surface area (Å²) < 4.78 is 77.7. The van der Waals surface area contributed by atoms with Crippen LogP contribution in [0.5, 0.6) is 0 Å². The van der Waals surface area contributed by atoms with Crippen LogP contribution in [0.3, 0.4) is 0 Å². The number of nitro groups is 1. The number of nitrogen functional groups attached to an aromatic ring is 1. The Morgan fingerprint density at radius 3 is 1.83 bits per heavy atom. The molecule has 0 fully saturated rings. The fourth-order valence-corrected chi connectivity index (χ4v) is 2.17. The second-order valence-corrected chi connectivity index (χ2v) is 4.75. The molecule has 0 unspecified atom stereocenters. The summed E-state index contributed by atoms with van der Waals surface area (Å²) in [4.78, 5) is 9.88. The van der Waals surface area contributed by atoms with E-state index in [1.54, 1.807) is 0 Å². The molecule has 0 bridgehead atoms. The number of rotatable bonds is 2. The van der Waals surface area contributed by atoms with Crippen LogP contribution in [0.1, 0.15) is 11.1 Å². The lowest BCUT2D eigenvalue weighted by atomic mass is 9.95. The average molecular weight is 350 g/mol. The minimum Gasteiger partial charge on any atom is -0.398 e. The summed E-state index contributed by atoms with van der Waals surface area (Å²) in [6.45, 7) is 0. The normalized spacial score (nSPS) is 12.2. The first-order valence-electron chi connectivity index (χ1n) is 6.24. The van der Waals surface area contributed by atoms with Crippen molar-refractivity contribution in [1.82, 2.24) is 0 Å². The molecule has 10 heteroatoms. The lowest BCUT2D eigenvalue weighted by Gasteiger charge is -2.17. The predicted octanol–water partition coefficient (Wildman–Crippen LogP) is 4.88. The molecule has 24 heavy (non-hydrogen) atoms. The van der Waals surface area contributed by atoms with E-state index in [0.29, 0.717) is 0 Å². The van der Waals surface area contributed by atoms with Gasteiger partial charge in [0.1, 0.15) is 0 Å². The topological polar surface area (TPSA) is 69.2 Å². The molecule has 0 aliphatic rings. The highest BCUT2D eigenvalue weighted by Gasteiger charge is 2.45. The Morgan fingerprint density at radius 2 is 1.38 bits per heavy atom. The molecular formula is C14H8F6N2O2. The van der Waals surface area contributed by atoms with Gasteiger partial charge in [-0.1, -0.05) is 18.2 Å². The van der Waals surface area contributed by atoms with Crippen LogP contribution in [0, 0.1) is 10.1 Å². The maximum absolute atomic E-state index is 13.0. The number of nitrogens with zero attached hydrogens (tertiary/aromatic N) is 1. The van der Waals surface area contributed by atoms with Gasteiger partial charge in [-0.15, -0.1) is 0 Å². The summed E-state index contributed by atoms with van der Waals surface area (Å²) in [5, 5.41) is 11.1. The molecule has 0 radical (unpaired) electrons. The first kappa shape index (κ1) is 17.6. The van der Waals surface area contributed by atoms with E-state index in [0.717, 1.165) is 0 Å². The Bertz CT molecular complexity index is 799. The third kappa shape index (κ3) is 3.26. The van der Waals surface area contributed by atoms with Crippen molar-refractivity contribution in [2.75, 3.05) is 5.73 Å². The maximum atomic E-state index is 13.0. The van der Waals surface area contributed by atoms with Crippen molar-refractivity contribution in [3.63, 3.8) is 0 Å². The molecule has 0 atom stereocenters. The van der Waals surface area contributed by atoms with Crippen molar-refractivity contribution in [3.8, 4) is 11.1 Å². The van der Waals surface area contributed by atoms with Gasteiger partial charge < -0.3 is 5.73 Å². The Hall–Kier alpha value is -2.78. The van der Waals surface area contributed by atoms with Crippen molar-refractivity contribution in [3.05, 3.63) is 57.6 Å². The van der Waals surface area contributed by atoms with Crippen molar-refractivity contribution < 1.29 is 31.3 Å². The van der Waals surface area contributed by atoms with E-state index in [4.69, 9.17) is 5.73 Å². The van der Waals surface area contributed by atoms with Gasteiger partial charge in [0.05, 0.1) is 21.6 Å². The SMILES string of the molecule is Nc1ccccc1-c1cc(C(F)(F)F)c(C(F)(F)F)cc1[N+](=O)[O-]. The highest BCUT2D eigenvalue weighted by atomic mass is 19.4. The van der Waals surface area contributed by atoms with Gasteiger partial charge in [0, 0.05) is 17.3 Å². The minimum atomic E-state index is -5.41. The number of hydrogen-bond donors (Lipinski definition) is 1. The van der Waals surface area contributed by atoms with Crippen LogP contribution in [0.2, 0.25) is 0 Å². The van der Waals surface area contributed by atoms with E-state index in [2.05, 4.69) is 0 Å². The maximum Gasteiger partial charge on any atom is 0.417 e. The van der Waals surface area contributed by atoms with Gasteiger partial charge in [-0.25, -0.2) is 0 Å². The van der Waals surface area contributed by atoms with Crippen LogP contribution in [-0.4, -0.2) is 4.92 Å². The van der Waals surface area contributed by atoms with Crippen molar-refractivity contribution >= 4 is 11.4 Å². The smallest absolute Gasteiger partial charge is 0.398 e. The third-order valence-electron chi connectivity index (χ3n) is 3.19. The molecule has 4 nitrogen and oxygen atoms in total. The summed E-state index contributed by atoms with van der Waals surface area (Å²) in [6, 6.07) is 5.21. The molecule has 0 spiro atoms. The lowest BCUT2D eigenvalue weighted by molar-refractivity contribution is -0.384. The number of benzene rings is 2. The molecule has 2 aromatic rings. The molecule has 2 rings (SSSR count). The van der Waals surface area contributed by atoms with E-state index in [-0.39, 0.29) is 23.4 Å². The third-order valence-corrected chi connectivity index (χ3v) is 3.19. The summed E-state index contributed by atoms with van der Waals surface area (Å²) in [6.07, 6.45) is -10.8.